The molecule has 2 aliphatic heterocycles. The molecule has 6 nitrogen and oxygen atoms in total. The van der Waals surface area contributed by atoms with Gasteiger partial charge in [0, 0.05) is 12.1 Å². The summed E-state index contributed by atoms with van der Waals surface area (Å²) in [5, 5.41) is 3.10. The lowest BCUT2D eigenvalue weighted by molar-refractivity contribution is -0.114. The summed E-state index contributed by atoms with van der Waals surface area (Å²) in [5.41, 5.74) is 2.27. The third-order valence-electron chi connectivity index (χ3n) is 4.74. The molecule has 1 unspecified atom stereocenters. The van der Waals surface area contributed by atoms with Crippen molar-refractivity contribution < 1.29 is 9.53 Å². The average Bonchev–Trinajstić information content (AvgIpc) is 3.18. The third kappa shape index (κ3) is 3.29. The second-order valence-corrected chi connectivity index (χ2v) is 7.59. The maximum atomic E-state index is 12.4. The number of benzene rings is 1. The van der Waals surface area contributed by atoms with Crippen molar-refractivity contribution in [2.45, 2.75) is 13.0 Å². The van der Waals surface area contributed by atoms with Crippen LogP contribution >= 0.6 is 11.3 Å². The van der Waals surface area contributed by atoms with Gasteiger partial charge in [0.05, 0.1) is 29.4 Å². The summed E-state index contributed by atoms with van der Waals surface area (Å²) in [6, 6.07) is 5.57. The summed E-state index contributed by atoms with van der Waals surface area (Å²) in [7, 11) is 0. The minimum Gasteiger partial charge on any atom is -0.490 e. The molecule has 0 spiro atoms. The number of aromatic nitrogens is 1. The molecule has 0 aliphatic carbocycles. The summed E-state index contributed by atoms with van der Waals surface area (Å²) >= 11 is 1.31. The maximum absolute atomic E-state index is 12.4. The van der Waals surface area contributed by atoms with Crippen LogP contribution in [0.2, 0.25) is 0 Å². The fourth-order valence-corrected chi connectivity index (χ4v) is 4.27. The van der Waals surface area contributed by atoms with Crippen LogP contribution in [0.1, 0.15) is 12.5 Å². The van der Waals surface area contributed by atoms with Gasteiger partial charge in [0.1, 0.15) is 17.0 Å². The van der Waals surface area contributed by atoms with Gasteiger partial charge in [-0.25, -0.2) is 0 Å². The van der Waals surface area contributed by atoms with Crippen LogP contribution in [0.3, 0.4) is 0 Å². The highest BCUT2D eigenvalue weighted by Gasteiger charge is 2.26. The minimum atomic E-state index is -0.208. The van der Waals surface area contributed by atoms with Crippen LogP contribution in [0.15, 0.2) is 23.0 Å². The SMILES string of the molecule is C#CCN1CCOc2ccc(/C=c3\s/c(=C4\CNC(C)C4=O)[nH]c3=O)cc21. The predicted molar refractivity (Wildman–Crippen MR) is 107 cm³/mol. The van der Waals surface area contributed by atoms with Gasteiger partial charge in [-0.1, -0.05) is 12.0 Å². The lowest BCUT2D eigenvalue weighted by Crippen LogP contribution is -2.33. The number of fused-ring (bicyclic) bond motifs is 1. The van der Waals surface area contributed by atoms with E-state index in [9.17, 15) is 9.59 Å². The number of ketones is 1. The Morgan fingerprint density at radius 2 is 2.30 bits per heavy atom. The topological polar surface area (TPSA) is 74.4 Å². The first-order valence-electron chi connectivity index (χ1n) is 8.73. The summed E-state index contributed by atoms with van der Waals surface area (Å²) in [6.45, 7) is 4.15. The van der Waals surface area contributed by atoms with Crippen molar-refractivity contribution in [3.63, 3.8) is 0 Å². The second-order valence-electron chi connectivity index (χ2n) is 6.54. The predicted octanol–water partition coefficient (Wildman–Crippen LogP) is -0.191. The van der Waals surface area contributed by atoms with Gasteiger partial charge in [0.2, 0.25) is 0 Å². The standard InChI is InChI=1S/C20H19N3O3S/c1-3-6-23-7-8-26-16-5-4-13(9-15(16)23)10-17-19(25)22-20(27-17)14-11-21-12(2)18(14)24/h1,4-5,9-10,12,21H,6-8,11H2,2H3,(H,22,25)/b17-10-,20-14+. The first kappa shape index (κ1) is 17.6. The molecule has 2 N–H and O–H groups in total. The number of aromatic amines is 1. The molecule has 0 bridgehead atoms. The Kier molecular flexibility index (Phi) is 4.60. The zero-order chi connectivity index (χ0) is 19.0. The quantitative estimate of drug-likeness (QED) is 0.706. The first-order valence-corrected chi connectivity index (χ1v) is 9.55. The van der Waals surface area contributed by atoms with Gasteiger partial charge < -0.3 is 19.9 Å². The van der Waals surface area contributed by atoms with Crippen LogP contribution in [0.25, 0.3) is 11.6 Å². The normalized spacial score (nSPS) is 21.8. The first-order chi connectivity index (χ1) is 13.1. The molecular weight excluding hydrogens is 362 g/mol. The van der Waals surface area contributed by atoms with E-state index in [-0.39, 0.29) is 17.4 Å². The third-order valence-corrected chi connectivity index (χ3v) is 5.81. The fraction of sp³-hybridized carbons (Fsp3) is 0.300. The number of Topliss-reactive ketones (excluding diaryl/α,β-unsaturated/α-hetero) is 1. The van der Waals surface area contributed by atoms with Crippen LogP contribution in [0.4, 0.5) is 5.69 Å². The van der Waals surface area contributed by atoms with E-state index in [4.69, 9.17) is 11.2 Å². The number of ether oxygens (including phenoxy) is 1. The molecular formula is C20H19N3O3S. The largest absolute Gasteiger partial charge is 0.490 e. The van der Waals surface area contributed by atoms with Crippen molar-refractivity contribution in [3.05, 3.63) is 43.3 Å². The van der Waals surface area contributed by atoms with Crippen molar-refractivity contribution >= 4 is 34.5 Å². The van der Waals surface area contributed by atoms with Crippen LogP contribution in [0.5, 0.6) is 5.75 Å². The van der Waals surface area contributed by atoms with Crippen molar-refractivity contribution in [1.29, 1.82) is 0 Å². The van der Waals surface area contributed by atoms with Gasteiger partial charge in [0.25, 0.3) is 5.56 Å². The highest BCUT2D eigenvalue weighted by atomic mass is 32.1. The molecule has 0 amide bonds. The highest BCUT2D eigenvalue weighted by Crippen LogP contribution is 2.32. The monoisotopic (exact) mass is 381 g/mol. The number of thiazole rings is 1. The molecule has 7 heteroatoms. The van der Waals surface area contributed by atoms with E-state index in [1.807, 2.05) is 31.2 Å². The van der Waals surface area contributed by atoms with Gasteiger partial charge in [-0.15, -0.1) is 17.8 Å². The number of terminal acetylenes is 1. The van der Waals surface area contributed by atoms with Crippen LogP contribution in [-0.4, -0.2) is 43.1 Å². The maximum Gasteiger partial charge on any atom is 0.266 e. The zero-order valence-corrected chi connectivity index (χ0v) is 15.7. The Bertz CT molecular complexity index is 1120. The number of rotatable bonds is 2. The van der Waals surface area contributed by atoms with E-state index >= 15 is 0 Å². The molecule has 2 aliphatic rings. The van der Waals surface area contributed by atoms with Gasteiger partial charge in [-0.3, -0.25) is 9.59 Å². The second kappa shape index (κ2) is 7.06. The number of nitrogens with one attached hydrogen (secondary N) is 2. The number of H-pyrrole nitrogens is 1. The van der Waals surface area contributed by atoms with Crippen LogP contribution in [0, 0.1) is 12.3 Å². The molecule has 2 aromatic rings. The van der Waals surface area contributed by atoms with E-state index in [0.717, 1.165) is 23.5 Å². The van der Waals surface area contributed by atoms with E-state index in [0.29, 0.717) is 34.5 Å². The van der Waals surface area contributed by atoms with Crippen molar-refractivity contribution in [2.24, 2.45) is 0 Å². The zero-order valence-electron chi connectivity index (χ0n) is 14.9. The lowest BCUT2D eigenvalue weighted by atomic mass is 10.1. The molecule has 1 atom stereocenters. The number of hydrogen-bond acceptors (Lipinski definition) is 6. The Balaban J connectivity index is 1.77. The van der Waals surface area contributed by atoms with Crippen molar-refractivity contribution in [1.82, 2.24) is 10.3 Å². The number of hydrogen-bond donors (Lipinski definition) is 2. The van der Waals surface area contributed by atoms with Gasteiger partial charge in [0.15, 0.2) is 5.78 Å². The van der Waals surface area contributed by atoms with Gasteiger partial charge >= 0.3 is 0 Å². The summed E-state index contributed by atoms with van der Waals surface area (Å²) < 4.78 is 6.87. The highest BCUT2D eigenvalue weighted by molar-refractivity contribution is 7.07. The number of carbonyl (C=O) groups excluding carboxylic acids is 1. The lowest BCUT2D eigenvalue weighted by Gasteiger charge is -2.29. The van der Waals surface area contributed by atoms with E-state index in [2.05, 4.69) is 21.1 Å². The van der Waals surface area contributed by atoms with E-state index in [1.165, 1.54) is 11.3 Å². The Morgan fingerprint density at radius 1 is 1.44 bits per heavy atom. The molecule has 0 saturated carbocycles. The fourth-order valence-electron chi connectivity index (χ4n) is 3.27. The van der Waals surface area contributed by atoms with Crippen LogP contribution < -0.4 is 29.7 Å². The van der Waals surface area contributed by atoms with Crippen molar-refractivity contribution in [3.8, 4) is 18.1 Å². The molecule has 3 heterocycles. The molecule has 1 saturated heterocycles. The summed E-state index contributed by atoms with van der Waals surface area (Å²) in [6.07, 6.45) is 7.29. The van der Waals surface area contributed by atoms with Gasteiger partial charge in [-0.2, -0.15) is 0 Å². The number of nitrogens with zero attached hydrogens (tertiary/aromatic N) is 1. The number of anilines is 1. The van der Waals surface area contributed by atoms with E-state index in [1.54, 1.807) is 0 Å². The number of carbonyl (C=O) groups is 1. The molecule has 27 heavy (non-hydrogen) atoms. The molecule has 1 aromatic carbocycles. The van der Waals surface area contributed by atoms with Crippen molar-refractivity contribution in [2.75, 3.05) is 31.1 Å². The Morgan fingerprint density at radius 3 is 3.04 bits per heavy atom. The van der Waals surface area contributed by atoms with Gasteiger partial charge in [-0.05, 0) is 30.7 Å². The Labute approximate surface area is 160 Å². The molecule has 138 valence electrons. The minimum absolute atomic E-state index is 0.0369. The van der Waals surface area contributed by atoms with Crippen LogP contribution in [-0.2, 0) is 4.79 Å². The molecule has 1 aromatic heterocycles. The molecule has 0 radical (unpaired) electrons. The molecule has 1 fully saturated rings. The van der Waals surface area contributed by atoms with E-state index < -0.39 is 0 Å². The summed E-state index contributed by atoms with van der Waals surface area (Å²) in [5.74, 6) is 3.50. The smallest absolute Gasteiger partial charge is 0.266 e. The Hall–Kier alpha value is -2.82. The average molecular weight is 381 g/mol. The molecule has 4 rings (SSSR count). The summed E-state index contributed by atoms with van der Waals surface area (Å²) in [4.78, 5) is 29.4.